The molecule has 0 saturated carbocycles. The number of rotatable bonds is 2. The molecule has 1 aliphatic carbocycles. The third kappa shape index (κ3) is 2.47. The molecule has 0 fully saturated rings. The highest BCUT2D eigenvalue weighted by atomic mass is 19.1. The van der Waals surface area contributed by atoms with Gasteiger partial charge in [0.2, 0.25) is 0 Å². The summed E-state index contributed by atoms with van der Waals surface area (Å²) < 4.78 is 13.1. The van der Waals surface area contributed by atoms with Crippen molar-refractivity contribution in [1.82, 2.24) is 0 Å². The molecular formula is C16H19FO. The molecule has 0 aromatic heterocycles. The van der Waals surface area contributed by atoms with Gasteiger partial charge in [0, 0.05) is 17.5 Å². The third-order valence-electron chi connectivity index (χ3n) is 3.73. The van der Waals surface area contributed by atoms with Gasteiger partial charge in [-0.2, -0.15) is 0 Å². The van der Waals surface area contributed by atoms with Crippen LogP contribution in [0.5, 0.6) is 5.75 Å². The standard InChI is InChI=1S/C16H19FO/c1-10(2)13-6-4-11(3)8-15(13)14-7-5-12(17)9-16(14)18/h5,7-9,13,15,18H,1,4,6H2,2-3H3. The summed E-state index contributed by atoms with van der Waals surface area (Å²) in [5, 5.41) is 9.93. The summed E-state index contributed by atoms with van der Waals surface area (Å²) in [4.78, 5) is 0. The molecular weight excluding hydrogens is 227 g/mol. The van der Waals surface area contributed by atoms with Gasteiger partial charge in [-0.1, -0.05) is 29.9 Å². The van der Waals surface area contributed by atoms with Crippen LogP contribution in [0.15, 0.2) is 42.0 Å². The summed E-state index contributed by atoms with van der Waals surface area (Å²) in [5.41, 5.74) is 3.23. The number of phenols is 1. The molecule has 1 aromatic rings. The van der Waals surface area contributed by atoms with E-state index in [2.05, 4.69) is 19.6 Å². The molecule has 0 amide bonds. The van der Waals surface area contributed by atoms with Crippen molar-refractivity contribution in [2.45, 2.75) is 32.6 Å². The Labute approximate surface area is 108 Å². The minimum atomic E-state index is -0.403. The van der Waals surface area contributed by atoms with Crippen molar-refractivity contribution in [2.75, 3.05) is 0 Å². The van der Waals surface area contributed by atoms with Crippen molar-refractivity contribution in [3.63, 3.8) is 0 Å². The van der Waals surface area contributed by atoms with E-state index in [-0.39, 0.29) is 11.7 Å². The van der Waals surface area contributed by atoms with Crippen LogP contribution in [0.1, 0.15) is 38.2 Å². The van der Waals surface area contributed by atoms with E-state index in [1.807, 2.05) is 6.92 Å². The molecule has 0 radical (unpaired) electrons. The second kappa shape index (κ2) is 4.97. The lowest BCUT2D eigenvalue weighted by molar-refractivity contribution is 0.432. The molecule has 2 rings (SSSR count). The van der Waals surface area contributed by atoms with Gasteiger partial charge in [-0.3, -0.25) is 0 Å². The van der Waals surface area contributed by atoms with Crippen LogP contribution >= 0.6 is 0 Å². The first-order valence-electron chi connectivity index (χ1n) is 6.30. The Morgan fingerprint density at radius 3 is 2.78 bits per heavy atom. The molecule has 0 spiro atoms. The van der Waals surface area contributed by atoms with Crippen molar-refractivity contribution >= 4 is 0 Å². The number of hydrogen-bond donors (Lipinski definition) is 1. The largest absolute Gasteiger partial charge is 0.508 e. The maximum absolute atomic E-state index is 13.1. The van der Waals surface area contributed by atoms with Gasteiger partial charge in [0.25, 0.3) is 0 Å². The number of phenolic OH excluding ortho intramolecular Hbond substituents is 1. The van der Waals surface area contributed by atoms with Crippen LogP contribution in [-0.2, 0) is 0 Å². The summed E-state index contributed by atoms with van der Waals surface area (Å²) in [7, 11) is 0. The summed E-state index contributed by atoms with van der Waals surface area (Å²) in [6.45, 7) is 8.16. The average Bonchev–Trinajstić information content (AvgIpc) is 2.28. The van der Waals surface area contributed by atoms with E-state index >= 15 is 0 Å². The van der Waals surface area contributed by atoms with E-state index in [0.29, 0.717) is 5.92 Å². The quantitative estimate of drug-likeness (QED) is 0.759. The normalized spacial score (nSPS) is 23.6. The fourth-order valence-corrected chi connectivity index (χ4v) is 2.73. The lowest BCUT2D eigenvalue weighted by Gasteiger charge is -2.30. The first-order valence-corrected chi connectivity index (χ1v) is 6.30. The number of allylic oxidation sites excluding steroid dienone is 3. The number of aromatic hydroxyl groups is 1. The van der Waals surface area contributed by atoms with E-state index in [0.717, 1.165) is 24.0 Å². The Kier molecular flexibility index (Phi) is 3.55. The summed E-state index contributed by atoms with van der Waals surface area (Å²) in [6, 6.07) is 4.27. The van der Waals surface area contributed by atoms with Crippen LogP contribution in [0.4, 0.5) is 4.39 Å². The monoisotopic (exact) mass is 246 g/mol. The highest BCUT2D eigenvalue weighted by molar-refractivity contribution is 5.41. The predicted molar refractivity (Wildman–Crippen MR) is 72.1 cm³/mol. The van der Waals surface area contributed by atoms with Crippen molar-refractivity contribution in [1.29, 1.82) is 0 Å². The van der Waals surface area contributed by atoms with Gasteiger partial charge in [0.05, 0.1) is 0 Å². The lowest BCUT2D eigenvalue weighted by atomic mass is 9.74. The van der Waals surface area contributed by atoms with Crippen molar-refractivity contribution in [3.8, 4) is 5.75 Å². The third-order valence-corrected chi connectivity index (χ3v) is 3.73. The van der Waals surface area contributed by atoms with Gasteiger partial charge < -0.3 is 5.11 Å². The second-order valence-electron chi connectivity index (χ2n) is 5.23. The van der Waals surface area contributed by atoms with Gasteiger partial charge in [-0.05, 0) is 38.7 Å². The maximum atomic E-state index is 13.1. The Bertz CT molecular complexity index is 502. The molecule has 2 atom stereocenters. The van der Waals surface area contributed by atoms with Crippen LogP contribution in [0.25, 0.3) is 0 Å². The Hall–Kier alpha value is -1.57. The minimum Gasteiger partial charge on any atom is -0.508 e. The second-order valence-corrected chi connectivity index (χ2v) is 5.23. The molecule has 2 heteroatoms. The molecule has 18 heavy (non-hydrogen) atoms. The van der Waals surface area contributed by atoms with Gasteiger partial charge in [-0.15, -0.1) is 0 Å². The molecule has 1 aliphatic rings. The smallest absolute Gasteiger partial charge is 0.126 e. The van der Waals surface area contributed by atoms with E-state index in [9.17, 15) is 9.50 Å². The first kappa shape index (κ1) is 12.9. The van der Waals surface area contributed by atoms with E-state index in [1.54, 1.807) is 6.07 Å². The van der Waals surface area contributed by atoms with E-state index < -0.39 is 5.82 Å². The number of hydrogen-bond acceptors (Lipinski definition) is 1. The van der Waals surface area contributed by atoms with Crippen LogP contribution < -0.4 is 0 Å². The van der Waals surface area contributed by atoms with Crippen LogP contribution in [0.2, 0.25) is 0 Å². The van der Waals surface area contributed by atoms with Crippen molar-refractivity contribution in [3.05, 3.63) is 53.4 Å². The van der Waals surface area contributed by atoms with Crippen LogP contribution in [0.3, 0.4) is 0 Å². The maximum Gasteiger partial charge on any atom is 0.126 e. The first-order chi connectivity index (χ1) is 8.49. The van der Waals surface area contributed by atoms with Gasteiger partial charge in [-0.25, -0.2) is 4.39 Å². The molecule has 1 aromatic carbocycles. The Morgan fingerprint density at radius 1 is 1.44 bits per heavy atom. The van der Waals surface area contributed by atoms with E-state index in [4.69, 9.17) is 0 Å². The average molecular weight is 246 g/mol. The van der Waals surface area contributed by atoms with E-state index in [1.165, 1.54) is 17.7 Å². The molecule has 1 nitrogen and oxygen atoms in total. The highest BCUT2D eigenvalue weighted by Gasteiger charge is 2.27. The topological polar surface area (TPSA) is 20.2 Å². The molecule has 0 saturated heterocycles. The SMILES string of the molecule is C=C(C)C1CCC(C)=CC1c1ccc(F)cc1O. The summed E-state index contributed by atoms with van der Waals surface area (Å²) >= 11 is 0. The molecule has 0 bridgehead atoms. The highest BCUT2D eigenvalue weighted by Crippen LogP contribution is 2.42. The number of benzene rings is 1. The molecule has 2 unspecified atom stereocenters. The van der Waals surface area contributed by atoms with Gasteiger partial charge in [0.15, 0.2) is 0 Å². The molecule has 0 heterocycles. The predicted octanol–water partition coefficient (Wildman–Crippen LogP) is 4.55. The molecule has 0 aliphatic heterocycles. The Balaban J connectivity index is 2.44. The fraction of sp³-hybridized carbons (Fsp3) is 0.375. The van der Waals surface area contributed by atoms with Crippen LogP contribution in [0, 0.1) is 11.7 Å². The lowest BCUT2D eigenvalue weighted by Crippen LogP contribution is -2.17. The zero-order chi connectivity index (χ0) is 13.3. The zero-order valence-corrected chi connectivity index (χ0v) is 10.9. The van der Waals surface area contributed by atoms with Crippen molar-refractivity contribution in [2.24, 2.45) is 5.92 Å². The van der Waals surface area contributed by atoms with Gasteiger partial charge in [0.1, 0.15) is 11.6 Å². The molecule has 96 valence electrons. The fourth-order valence-electron chi connectivity index (χ4n) is 2.73. The summed E-state index contributed by atoms with van der Waals surface area (Å²) in [6.07, 6.45) is 4.28. The minimum absolute atomic E-state index is 0.0391. The zero-order valence-electron chi connectivity index (χ0n) is 10.9. The summed E-state index contributed by atoms with van der Waals surface area (Å²) in [5.74, 6) is 0.0683. The van der Waals surface area contributed by atoms with Gasteiger partial charge >= 0.3 is 0 Å². The van der Waals surface area contributed by atoms with Crippen LogP contribution in [-0.4, -0.2) is 5.11 Å². The van der Waals surface area contributed by atoms with Crippen molar-refractivity contribution < 1.29 is 9.50 Å². The Morgan fingerprint density at radius 2 is 2.17 bits per heavy atom. The molecule has 1 N–H and O–H groups in total. The number of halogens is 1.